The van der Waals surface area contributed by atoms with Crippen LogP contribution in [0.2, 0.25) is 0 Å². The van der Waals surface area contributed by atoms with E-state index in [1.165, 1.54) is 32.1 Å². The Morgan fingerprint density at radius 3 is 2.45 bits per heavy atom. The van der Waals surface area contributed by atoms with Crippen LogP contribution in [0.5, 0.6) is 0 Å². The van der Waals surface area contributed by atoms with Gasteiger partial charge >= 0.3 is 0 Å². The maximum Gasteiger partial charge on any atom is 0.191 e. The van der Waals surface area contributed by atoms with Crippen LogP contribution < -0.4 is 10.6 Å². The maximum atomic E-state index is 4.57. The smallest absolute Gasteiger partial charge is 0.191 e. The van der Waals surface area contributed by atoms with Gasteiger partial charge in [-0.1, -0.05) is 44.9 Å². The summed E-state index contributed by atoms with van der Waals surface area (Å²) in [6.07, 6.45) is 8.11. The molecule has 1 rings (SSSR count). The predicted molar refractivity (Wildman–Crippen MR) is 89.8 cm³/mol. The van der Waals surface area contributed by atoms with Crippen molar-refractivity contribution in [3.63, 3.8) is 0 Å². The molecule has 0 fully saturated rings. The van der Waals surface area contributed by atoms with Crippen LogP contribution in [-0.2, 0) is 0 Å². The maximum absolute atomic E-state index is 4.57. The molecule has 0 aromatic carbocycles. The van der Waals surface area contributed by atoms with Crippen LogP contribution in [0, 0.1) is 0 Å². The molecule has 0 aliphatic carbocycles. The molecule has 4 nitrogen and oxygen atoms in total. The number of aromatic nitrogens is 2. The Morgan fingerprint density at radius 2 is 1.85 bits per heavy atom. The number of unbranched alkanes of at least 4 members (excludes halogenated alkanes) is 1. The second kappa shape index (κ2) is 9.86. The second-order valence-corrected chi connectivity index (χ2v) is 5.70. The zero-order chi connectivity index (χ0) is 14.8. The minimum atomic E-state index is 0.513. The minimum Gasteiger partial charge on any atom is -0.370 e. The molecule has 0 saturated carbocycles. The van der Waals surface area contributed by atoms with Gasteiger partial charge in [-0.2, -0.15) is 0 Å². The van der Waals surface area contributed by atoms with E-state index in [1.54, 1.807) is 11.8 Å². The lowest BCUT2D eigenvalue weighted by Crippen LogP contribution is -2.20. The van der Waals surface area contributed by atoms with Crippen molar-refractivity contribution in [2.24, 2.45) is 0 Å². The molecule has 0 aliphatic rings. The first-order valence-corrected chi connectivity index (χ1v) is 8.89. The zero-order valence-electron chi connectivity index (χ0n) is 13.2. The van der Waals surface area contributed by atoms with Gasteiger partial charge in [0.25, 0.3) is 0 Å². The summed E-state index contributed by atoms with van der Waals surface area (Å²) in [4.78, 5) is 9.02. The van der Waals surface area contributed by atoms with Crippen LogP contribution in [0.3, 0.4) is 0 Å². The summed E-state index contributed by atoms with van der Waals surface area (Å²) in [5.41, 5.74) is 0. The van der Waals surface area contributed by atoms with Crippen molar-refractivity contribution >= 4 is 23.4 Å². The van der Waals surface area contributed by atoms with E-state index < -0.39 is 0 Å². The lowest BCUT2D eigenvalue weighted by molar-refractivity contribution is 0.562. The molecule has 0 aliphatic heterocycles. The normalized spacial score (nSPS) is 12.2. The summed E-state index contributed by atoms with van der Waals surface area (Å²) < 4.78 is 0. The van der Waals surface area contributed by atoms with Crippen molar-refractivity contribution in [2.45, 2.75) is 64.1 Å². The third kappa shape index (κ3) is 5.99. The third-order valence-corrected chi connectivity index (χ3v) is 3.69. The average molecular weight is 296 g/mol. The van der Waals surface area contributed by atoms with E-state index in [2.05, 4.69) is 41.4 Å². The van der Waals surface area contributed by atoms with Crippen LogP contribution in [0.4, 0.5) is 11.6 Å². The highest BCUT2D eigenvalue weighted by molar-refractivity contribution is 7.98. The van der Waals surface area contributed by atoms with Gasteiger partial charge in [0.05, 0.1) is 0 Å². The van der Waals surface area contributed by atoms with E-state index in [4.69, 9.17) is 0 Å². The molecule has 20 heavy (non-hydrogen) atoms. The van der Waals surface area contributed by atoms with E-state index in [0.29, 0.717) is 6.04 Å². The molecular weight excluding hydrogens is 268 g/mol. The summed E-state index contributed by atoms with van der Waals surface area (Å²) in [6, 6.07) is 2.52. The fourth-order valence-electron chi connectivity index (χ4n) is 2.16. The second-order valence-electron chi connectivity index (χ2n) is 4.93. The van der Waals surface area contributed by atoms with E-state index >= 15 is 0 Å². The Labute approximate surface area is 127 Å². The molecule has 1 unspecified atom stereocenters. The van der Waals surface area contributed by atoms with Gasteiger partial charge in [-0.05, 0) is 26.0 Å². The van der Waals surface area contributed by atoms with Crippen molar-refractivity contribution in [3.05, 3.63) is 6.07 Å². The van der Waals surface area contributed by atoms with E-state index in [0.717, 1.165) is 23.3 Å². The standard InChI is InChI=1S/C15H28N4S/c1-5-8-10-12(9-6-2)17-14-11-13(16-7-3)18-15(19-14)20-4/h11-12H,5-10H2,1-4H3,(H2,16,17,18,19). The van der Waals surface area contributed by atoms with Crippen LogP contribution in [0.25, 0.3) is 0 Å². The van der Waals surface area contributed by atoms with Gasteiger partial charge in [0.2, 0.25) is 0 Å². The number of nitrogens with one attached hydrogen (secondary N) is 2. The lowest BCUT2D eigenvalue weighted by Gasteiger charge is -2.19. The fraction of sp³-hybridized carbons (Fsp3) is 0.733. The van der Waals surface area contributed by atoms with Gasteiger partial charge in [-0.25, -0.2) is 9.97 Å². The van der Waals surface area contributed by atoms with E-state index in [-0.39, 0.29) is 0 Å². The van der Waals surface area contributed by atoms with Crippen LogP contribution in [0.15, 0.2) is 11.2 Å². The van der Waals surface area contributed by atoms with Crippen molar-refractivity contribution in [1.29, 1.82) is 0 Å². The van der Waals surface area contributed by atoms with E-state index in [1.807, 2.05) is 12.3 Å². The molecular formula is C15H28N4S. The number of nitrogens with zero attached hydrogens (tertiary/aromatic N) is 2. The number of rotatable bonds is 10. The van der Waals surface area contributed by atoms with Crippen molar-refractivity contribution in [2.75, 3.05) is 23.4 Å². The largest absolute Gasteiger partial charge is 0.370 e. The Morgan fingerprint density at radius 1 is 1.10 bits per heavy atom. The van der Waals surface area contributed by atoms with Crippen LogP contribution >= 0.6 is 11.8 Å². The monoisotopic (exact) mass is 296 g/mol. The molecule has 0 saturated heterocycles. The highest BCUT2D eigenvalue weighted by atomic mass is 32.2. The molecule has 1 aromatic rings. The van der Waals surface area contributed by atoms with Gasteiger partial charge in [0.1, 0.15) is 11.6 Å². The first-order chi connectivity index (χ1) is 9.73. The topological polar surface area (TPSA) is 49.8 Å². The van der Waals surface area contributed by atoms with Crippen LogP contribution in [-0.4, -0.2) is 28.8 Å². The van der Waals surface area contributed by atoms with Crippen molar-refractivity contribution < 1.29 is 0 Å². The van der Waals surface area contributed by atoms with Gasteiger partial charge in [-0.15, -0.1) is 0 Å². The molecule has 2 N–H and O–H groups in total. The first-order valence-electron chi connectivity index (χ1n) is 7.66. The summed E-state index contributed by atoms with van der Waals surface area (Å²) in [5, 5.41) is 7.67. The molecule has 0 bridgehead atoms. The summed E-state index contributed by atoms with van der Waals surface area (Å²) in [5.74, 6) is 1.84. The van der Waals surface area contributed by atoms with Gasteiger partial charge < -0.3 is 10.6 Å². The summed E-state index contributed by atoms with van der Waals surface area (Å²) in [6.45, 7) is 7.42. The summed E-state index contributed by atoms with van der Waals surface area (Å²) in [7, 11) is 0. The molecule has 0 radical (unpaired) electrons. The Kier molecular flexibility index (Phi) is 8.42. The number of hydrogen-bond donors (Lipinski definition) is 2. The molecule has 114 valence electrons. The number of anilines is 2. The molecule has 0 spiro atoms. The van der Waals surface area contributed by atoms with Gasteiger partial charge in [0, 0.05) is 18.7 Å². The number of hydrogen-bond acceptors (Lipinski definition) is 5. The number of thioether (sulfide) groups is 1. The Balaban J connectivity index is 2.78. The van der Waals surface area contributed by atoms with Gasteiger partial charge in [0.15, 0.2) is 5.16 Å². The van der Waals surface area contributed by atoms with Crippen molar-refractivity contribution in [3.8, 4) is 0 Å². The highest BCUT2D eigenvalue weighted by Crippen LogP contribution is 2.20. The quantitative estimate of drug-likeness (QED) is 0.495. The fourth-order valence-corrected chi connectivity index (χ4v) is 2.54. The SMILES string of the molecule is CCCCC(CCC)Nc1cc(NCC)nc(SC)n1. The Bertz CT molecular complexity index is 384. The highest BCUT2D eigenvalue weighted by Gasteiger charge is 2.10. The third-order valence-electron chi connectivity index (χ3n) is 3.14. The minimum absolute atomic E-state index is 0.513. The molecule has 1 heterocycles. The average Bonchev–Trinajstić information content (AvgIpc) is 2.45. The molecule has 0 amide bonds. The van der Waals surface area contributed by atoms with E-state index in [9.17, 15) is 0 Å². The Hall–Kier alpha value is -0.970. The summed E-state index contributed by atoms with van der Waals surface area (Å²) >= 11 is 1.58. The van der Waals surface area contributed by atoms with Gasteiger partial charge in [-0.3, -0.25) is 0 Å². The molecule has 5 heteroatoms. The molecule has 1 aromatic heterocycles. The lowest BCUT2D eigenvalue weighted by atomic mass is 10.1. The first kappa shape index (κ1) is 17.1. The molecule has 1 atom stereocenters. The van der Waals surface area contributed by atoms with Crippen LogP contribution in [0.1, 0.15) is 52.9 Å². The van der Waals surface area contributed by atoms with Crippen molar-refractivity contribution in [1.82, 2.24) is 9.97 Å². The predicted octanol–water partition coefficient (Wildman–Crippen LogP) is 4.40. The zero-order valence-corrected chi connectivity index (χ0v) is 14.0.